The van der Waals surface area contributed by atoms with Crippen LogP contribution in [0.15, 0.2) is 70.2 Å². The lowest BCUT2D eigenvalue weighted by Crippen LogP contribution is -2.61. The summed E-state index contributed by atoms with van der Waals surface area (Å²) in [7, 11) is -3.34. The average Bonchev–Trinajstić information content (AvgIpc) is 3.24. The van der Waals surface area contributed by atoms with Crippen LogP contribution in [0, 0.1) is 0 Å². The zero-order chi connectivity index (χ0) is 25.2. The van der Waals surface area contributed by atoms with E-state index >= 15 is 0 Å². The van der Waals surface area contributed by atoms with Crippen molar-refractivity contribution in [3.63, 3.8) is 0 Å². The Labute approximate surface area is 201 Å². The Hall–Kier alpha value is -4.26. The van der Waals surface area contributed by atoms with Gasteiger partial charge in [-0.25, -0.2) is 32.4 Å². The Morgan fingerprint density at radius 3 is 2.63 bits per heavy atom. The number of hydrogen-bond donors (Lipinski definition) is 2. The normalized spacial score (nSPS) is 17.4. The van der Waals surface area contributed by atoms with Crippen molar-refractivity contribution in [3.8, 4) is 0 Å². The third-order valence-electron chi connectivity index (χ3n) is 5.35. The second-order valence-corrected chi connectivity index (χ2v) is 9.47. The number of carbonyl (C=O) groups is 2. The SMILES string of the molecule is COC(=O)c1ccccc1S(=O)(=O)NC(=O)N(Cn1nnc2ccccc21)C1(C)N=CC=C(C)N1. The number of nitrogens with zero attached hydrogens (tertiary/aromatic N) is 5. The molecule has 0 aliphatic carbocycles. The zero-order valence-electron chi connectivity index (χ0n) is 19.2. The number of aromatic nitrogens is 3. The minimum atomic E-state index is -4.47. The highest BCUT2D eigenvalue weighted by molar-refractivity contribution is 7.90. The number of para-hydroxylation sites is 1. The number of allylic oxidation sites excluding steroid dienone is 2. The minimum Gasteiger partial charge on any atom is -0.465 e. The molecule has 2 heterocycles. The van der Waals surface area contributed by atoms with Crippen LogP contribution in [-0.4, -0.2) is 59.4 Å². The molecule has 0 radical (unpaired) electrons. The van der Waals surface area contributed by atoms with E-state index in [1.807, 2.05) is 4.72 Å². The summed E-state index contributed by atoms with van der Waals surface area (Å²) in [6, 6.07) is 11.6. The van der Waals surface area contributed by atoms with Gasteiger partial charge in [0.1, 0.15) is 17.1 Å². The smallest absolute Gasteiger partial charge is 0.339 e. The summed E-state index contributed by atoms with van der Waals surface area (Å²) < 4.78 is 34.5. The molecule has 1 unspecified atom stereocenters. The van der Waals surface area contributed by atoms with Gasteiger partial charge < -0.3 is 10.1 Å². The van der Waals surface area contributed by atoms with Crippen LogP contribution in [0.4, 0.5) is 4.79 Å². The number of rotatable bonds is 6. The van der Waals surface area contributed by atoms with E-state index in [-0.39, 0.29) is 12.2 Å². The number of methoxy groups -OCH3 is 1. The molecule has 12 nitrogen and oxygen atoms in total. The number of nitrogens with one attached hydrogen (secondary N) is 2. The Morgan fingerprint density at radius 1 is 1.17 bits per heavy atom. The molecular weight excluding hydrogens is 474 g/mol. The lowest BCUT2D eigenvalue weighted by Gasteiger charge is -2.40. The summed E-state index contributed by atoms with van der Waals surface area (Å²) in [5.41, 5.74) is 1.75. The molecule has 1 aliphatic rings. The molecular formula is C22H23N7O5S. The van der Waals surface area contributed by atoms with Crippen LogP contribution in [-0.2, 0) is 21.4 Å². The molecule has 13 heteroatoms. The van der Waals surface area contributed by atoms with Crippen molar-refractivity contribution in [3.05, 3.63) is 65.9 Å². The lowest BCUT2D eigenvalue weighted by atomic mass is 10.2. The topological polar surface area (TPSA) is 148 Å². The van der Waals surface area contributed by atoms with Crippen molar-refractivity contribution < 1.29 is 22.7 Å². The van der Waals surface area contributed by atoms with Crippen LogP contribution < -0.4 is 10.0 Å². The average molecular weight is 498 g/mol. The van der Waals surface area contributed by atoms with Crippen LogP contribution in [0.25, 0.3) is 11.0 Å². The summed E-state index contributed by atoms with van der Waals surface area (Å²) in [5.74, 6) is -2.21. The highest BCUT2D eigenvalue weighted by atomic mass is 32.2. The van der Waals surface area contributed by atoms with Gasteiger partial charge in [-0.1, -0.05) is 29.5 Å². The van der Waals surface area contributed by atoms with Crippen molar-refractivity contribution in [2.75, 3.05) is 7.11 Å². The van der Waals surface area contributed by atoms with E-state index in [1.165, 1.54) is 40.1 Å². The van der Waals surface area contributed by atoms with Gasteiger partial charge in [0.15, 0.2) is 0 Å². The van der Waals surface area contributed by atoms with E-state index in [0.29, 0.717) is 16.7 Å². The number of benzene rings is 2. The van der Waals surface area contributed by atoms with Gasteiger partial charge in [0, 0.05) is 11.9 Å². The molecule has 0 bridgehead atoms. The van der Waals surface area contributed by atoms with E-state index in [0.717, 1.165) is 7.11 Å². The van der Waals surface area contributed by atoms with Gasteiger partial charge in [-0.05, 0) is 44.2 Å². The first-order valence-electron chi connectivity index (χ1n) is 10.4. The number of ether oxygens (including phenoxy) is 1. The predicted octanol–water partition coefficient (Wildman–Crippen LogP) is 1.83. The fraction of sp³-hybridized carbons (Fsp3) is 0.227. The number of urea groups is 1. The fourth-order valence-electron chi connectivity index (χ4n) is 3.64. The Bertz CT molecular complexity index is 1460. The van der Waals surface area contributed by atoms with Gasteiger partial charge >= 0.3 is 12.0 Å². The summed E-state index contributed by atoms with van der Waals surface area (Å²) in [6.45, 7) is 3.22. The molecule has 0 saturated heterocycles. The molecule has 0 spiro atoms. The molecule has 1 aliphatic heterocycles. The number of aliphatic imine (C=N–C) groups is 1. The van der Waals surface area contributed by atoms with Crippen molar-refractivity contribution >= 4 is 39.3 Å². The number of amides is 2. The number of carbonyl (C=O) groups excluding carboxylic acids is 2. The molecule has 3 aromatic rings. The molecule has 1 atom stereocenters. The number of sulfonamides is 1. The Morgan fingerprint density at radius 2 is 1.89 bits per heavy atom. The summed E-state index contributed by atoms with van der Waals surface area (Å²) >= 11 is 0. The molecule has 35 heavy (non-hydrogen) atoms. The third-order valence-corrected chi connectivity index (χ3v) is 6.73. The molecule has 4 rings (SSSR count). The molecule has 2 amide bonds. The van der Waals surface area contributed by atoms with Crippen molar-refractivity contribution in [2.45, 2.75) is 31.2 Å². The monoisotopic (exact) mass is 497 g/mol. The van der Waals surface area contributed by atoms with Gasteiger partial charge in [-0.3, -0.25) is 4.90 Å². The van der Waals surface area contributed by atoms with E-state index in [9.17, 15) is 18.0 Å². The van der Waals surface area contributed by atoms with Gasteiger partial charge in [-0.15, -0.1) is 5.10 Å². The van der Waals surface area contributed by atoms with Gasteiger partial charge in [0.2, 0.25) is 5.79 Å². The molecule has 2 aromatic carbocycles. The highest BCUT2D eigenvalue weighted by Crippen LogP contribution is 2.22. The van der Waals surface area contributed by atoms with Crippen LogP contribution >= 0.6 is 0 Å². The maximum absolute atomic E-state index is 13.5. The summed E-state index contributed by atoms with van der Waals surface area (Å²) in [4.78, 5) is 30.7. The molecule has 182 valence electrons. The van der Waals surface area contributed by atoms with Crippen molar-refractivity contribution in [1.82, 2.24) is 29.9 Å². The summed E-state index contributed by atoms with van der Waals surface area (Å²) in [5, 5.41) is 11.3. The largest absolute Gasteiger partial charge is 0.465 e. The standard InChI is InChI=1S/C22H23N7O5S/c1-15-12-13-23-22(2,24-15)28(14-29-18-10-6-5-9-17(18)25-27-29)21(31)26-35(32,33)19-11-7-4-8-16(19)20(30)34-3/h4-13,24H,14H2,1-3H3,(H,26,31). The third kappa shape index (κ3) is 4.71. The van der Waals surface area contributed by atoms with Crippen LogP contribution in [0.2, 0.25) is 0 Å². The minimum absolute atomic E-state index is 0.186. The molecule has 1 aromatic heterocycles. The fourth-order valence-corrected chi connectivity index (χ4v) is 4.79. The molecule has 0 fully saturated rings. The van der Waals surface area contributed by atoms with E-state index in [4.69, 9.17) is 0 Å². The lowest BCUT2D eigenvalue weighted by molar-refractivity contribution is 0.0595. The van der Waals surface area contributed by atoms with E-state index in [1.54, 1.807) is 44.2 Å². The maximum atomic E-state index is 13.5. The maximum Gasteiger partial charge on any atom is 0.339 e. The first-order valence-corrected chi connectivity index (χ1v) is 11.9. The van der Waals surface area contributed by atoms with Gasteiger partial charge in [-0.2, -0.15) is 0 Å². The van der Waals surface area contributed by atoms with Crippen molar-refractivity contribution in [2.24, 2.45) is 4.99 Å². The van der Waals surface area contributed by atoms with E-state index < -0.39 is 32.7 Å². The molecule has 2 N–H and O–H groups in total. The first kappa shape index (κ1) is 23.9. The highest BCUT2D eigenvalue weighted by Gasteiger charge is 2.39. The number of hydrogen-bond acceptors (Lipinski definition) is 9. The van der Waals surface area contributed by atoms with Crippen LogP contribution in [0.1, 0.15) is 24.2 Å². The van der Waals surface area contributed by atoms with Crippen LogP contribution in [0.3, 0.4) is 0 Å². The van der Waals surface area contributed by atoms with Crippen LogP contribution in [0.5, 0.6) is 0 Å². The predicted molar refractivity (Wildman–Crippen MR) is 127 cm³/mol. The summed E-state index contributed by atoms with van der Waals surface area (Å²) in [6.07, 6.45) is 3.23. The quantitative estimate of drug-likeness (QED) is 0.490. The van der Waals surface area contributed by atoms with Gasteiger partial charge in [0.05, 0.1) is 18.2 Å². The first-order chi connectivity index (χ1) is 16.6. The van der Waals surface area contributed by atoms with Gasteiger partial charge in [0.25, 0.3) is 10.0 Å². The molecule has 0 saturated carbocycles. The zero-order valence-corrected chi connectivity index (χ0v) is 20.0. The van der Waals surface area contributed by atoms with Crippen molar-refractivity contribution in [1.29, 1.82) is 0 Å². The second-order valence-electron chi connectivity index (χ2n) is 7.82. The Balaban J connectivity index is 1.71. The Kier molecular flexibility index (Phi) is 6.26. The second kappa shape index (κ2) is 9.18. The number of esters is 1. The van der Waals surface area contributed by atoms with E-state index in [2.05, 4.69) is 25.4 Å². The number of fused-ring (bicyclic) bond motifs is 1.